The second-order valence-electron chi connectivity index (χ2n) is 7.43. The molecule has 0 aliphatic carbocycles. The minimum atomic E-state index is -5.02. The van der Waals surface area contributed by atoms with Gasteiger partial charge in [0.15, 0.2) is 0 Å². The van der Waals surface area contributed by atoms with Gasteiger partial charge in [0.05, 0.1) is 34.7 Å². The highest BCUT2D eigenvalue weighted by atomic mass is 19.4. The summed E-state index contributed by atoms with van der Waals surface area (Å²) in [6, 6.07) is 6.79. The van der Waals surface area contributed by atoms with Crippen molar-refractivity contribution in [2.75, 3.05) is 5.32 Å². The van der Waals surface area contributed by atoms with Gasteiger partial charge in [-0.15, -0.1) is 0 Å². The van der Waals surface area contributed by atoms with Crippen LogP contribution in [0.5, 0.6) is 0 Å². The fourth-order valence-electron chi connectivity index (χ4n) is 3.31. The zero-order chi connectivity index (χ0) is 25.4. The summed E-state index contributed by atoms with van der Waals surface area (Å²) in [5, 5.41) is 10.2. The third-order valence-corrected chi connectivity index (χ3v) is 5.05. The third-order valence-electron chi connectivity index (χ3n) is 5.05. The minimum absolute atomic E-state index is 0.0705. The van der Waals surface area contributed by atoms with Crippen molar-refractivity contribution in [3.05, 3.63) is 83.5 Å². The quantitative estimate of drug-likeness (QED) is 0.352. The van der Waals surface area contributed by atoms with Crippen molar-refractivity contribution in [1.29, 1.82) is 0 Å². The van der Waals surface area contributed by atoms with Crippen molar-refractivity contribution >= 4 is 11.6 Å². The van der Waals surface area contributed by atoms with Crippen LogP contribution in [0, 0.1) is 0 Å². The molecular formula is C22H15F6N5O2. The highest BCUT2D eigenvalue weighted by molar-refractivity contribution is 6.02. The molecule has 4 rings (SSSR count). The fraction of sp³-hybridized carbons (Fsp3) is 0.182. The largest absolute Gasteiger partial charge is 0.416 e. The van der Waals surface area contributed by atoms with Gasteiger partial charge >= 0.3 is 12.4 Å². The zero-order valence-corrected chi connectivity index (χ0v) is 17.7. The molecule has 0 saturated heterocycles. The van der Waals surface area contributed by atoms with Gasteiger partial charge in [-0.2, -0.15) is 31.4 Å². The Hall–Kier alpha value is -4.16. The molecule has 1 N–H and O–H groups in total. The number of hydrogen-bond acceptors (Lipinski definition) is 5. The molecule has 182 valence electrons. The molecule has 3 aromatic heterocycles. The Balaban J connectivity index is 1.54. The number of rotatable bonds is 5. The molecule has 35 heavy (non-hydrogen) atoms. The van der Waals surface area contributed by atoms with Crippen LogP contribution in [0.4, 0.5) is 32.0 Å². The van der Waals surface area contributed by atoms with E-state index in [-0.39, 0.29) is 17.5 Å². The molecule has 0 saturated carbocycles. The maximum atomic E-state index is 13.5. The first-order chi connectivity index (χ1) is 16.4. The van der Waals surface area contributed by atoms with Crippen LogP contribution >= 0.6 is 0 Å². The second kappa shape index (κ2) is 8.89. The van der Waals surface area contributed by atoms with E-state index in [1.807, 2.05) is 0 Å². The molecule has 0 bridgehead atoms. The fourth-order valence-corrected chi connectivity index (χ4v) is 3.31. The molecule has 0 unspecified atom stereocenters. The number of amides is 1. The lowest BCUT2D eigenvalue weighted by Crippen LogP contribution is -2.17. The smallest absolute Gasteiger partial charge is 0.350 e. The molecule has 0 fully saturated rings. The topological polar surface area (TPSA) is 85.8 Å². The van der Waals surface area contributed by atoms with Crippen molar-refractivity contribution in [2.45, 2.75) is 25.3 Å². The van der Waals surface area contributed by atoms with E-state index in [4.69, 9.17) is 4.52 Å². The standard InChI is InChI=1S/C22H15F6N5O2/c1-12(15-6-5-13(21(23,24)25)8-16(15)22(26,27)28)33-11-14(10-30-33)31-20(34)19-9-18(32-35-19)17-4-2-3-7-29-17/h2-12H,1H3,(H,31,34)/t12-/m0/s1. The van der Waals surface area contributed by atoms with Gasteiger partial charge in [0, 0.05) is 18.5 Å². The van der Waals surface area contributed by atoms with Crippen molar-refractivity contribution < 1.29 is 35.7 Å². The number of alkyl halides is 6. The van der Waals surface area contributed by atoms with E-state index in [0.717, 1.165) is 10.7 Å². The van der Waals surface area contributed by atoms with Crippen LogP contribution in [0.25, 0.3) is 11.4 Å². The third kappa shape index (κ3) is 5.18. The molecular weight excluding hydrogens is 480 g/mol. The summed E-state index contributed by atoms with van der Waals surface area (Å²) in [5.41, 5.74) is -2.33. The van der Waals surface area contributed by atoms with E-state index in [0.29, 0.717) is 17.5 Å². The van der Waals surface area contributed by atoms with Crippen LogP contribution in [0.15, 0.2) is 65.6 Å². The molecule has 0 aliphatic heterocycles. The van der Waals surface area contributed by atoms with Gasteiger partial charge in [0.1, 0.15) is 5.69 Å². The molecule has 3 heterocycles. The Kier molecular flexibility index (Phi) is 6.09. The van der Waals surface area contributed by atoms with E-state index in [1.54, 1.807) is 24.4 Å². The van der Waals surface area contributed by atoms with Crippen molar-refractivity contribution in [3.8, 4) is 11.4 Å². The summed E-state index contributed by atoms with van der Waals surface area (Å²) < 4.78 is 85.4. The molecule has 1 amide bonds. The van der Waals surface area contributed by atoms with Crippen LogP contribution in [-0.4, -0.2) is 25.8 Å². The lowest BCUT2D eigenvalue weighted by Gasteiger charge is -2.20. The molecule has 1 atom stereocenters. The van der Waals surface area contributed by atoms with Gasteiger partial charge in [-0.1, -0.05) is 17.3 Å². The summed E-state index contributed by atoms with van der Waals surface area (Å²) >= 11 is 0. The SMILES string of the molecule is C[C@@H](c1ccc(C(F)(F)F)cc1C(F)(F)F)n1cc(NC(=O)c2cc(-c3ccccn3)no2)cn1. The van der Waals surface area contributed by atoms with Gasteiger partial charge in [0.2, 0.25) is 5.76 Å². The Labute approximate surface area is 193 Å². The van der Waals surface area contributed by atoms with E-state index in [2.05, 4.69) is 20.6 Å². The number of pyridine rings is 1. The highest BCUT2D eigenvalue weighted by Crippen LogP contribution is 2.39. The number of nitrogens with zero attached hydrogens (tertiary/aromatic N) is 4. The summed E-state index contributed by atoms with van der Waals surface area (Å²) in [7, 11) is 0. The number of halogens is 6. The highest BCUT2D eigenvalue weighted by Gasteiger charge is 2.39. The maximum absolute atomic E-state index is 13.5. The molecule has 7 nitrogen and oxygen atoms in total. The first kappa shape index (κ1) is 24.0. The average Bonchev–Trinajstić information content (AvgIpc) is 3.48. The van der Waals surface area contributed by atoms with Gasteiger partial charge in [-0.3, -0.25) is 14.5 Å². The number of aromatic nitrogens is 4. The second-order valence-corrected chi connectivity index (χ2v) is 7.43. The zero-order valence-electron chi connectivity index (χ0n) is 17.7. The minimum Gasteiger partial charge on any atom is -0.350 e. The van der Waals surface area contributed by atoms with E-state index in [9.17, 15) is 31.1 Å². The van der Waals surface area contributed by atoms with Gasteiger partial charge < -0.3 is 9.84 Å². The average molecular weight is 495 g/mol. The monoisotopic (exact) mass is 495 g/mol. The van der Waals surface area contributed by atoms with E-state index < -0.39 is 41.0 Å². The lowest BCUT2D eigenvalue weighted by molar-refractivity contribution is -0.143. The lowest BCUT2D eigenvalue weighted by atomic mass is 9.98. The van der Waals surface area contributed by atoms with Crippen molar-refractivity contribution in [3.63, 3.8) is 0 Å². The number of benzene rings is 1. The molecule has 4 aromatic rings. The maximum Gasteiger partial charge on any atom is 0.416 e. The number of nitrogens with one attached hydrogen (secondary N) is 1. The van der Waals surface area contributed by atoms with Crippen molar-refractivity contribution in [2.24, 2.45) is 0 Å². The molecule has 0 aliphatic rings. The molecule has 1 aromatic carbocycles. The van der Waals surface area contributed by atoms with E-state index >= 15 is 0 Å². The predicted molar refractivity (Wildman–Crippen MR) is 110 cm³/mol. The van der Waals surface area contributed by atoms with Crippen LogP contribution in [0.2, 0.25) is 0 Å². The first-order valence-electron chi connectivity index (χ1n) is 9.95. The first-order valence-corrected chi connectivity index (χ1v) is 9.95. The van der Waals surface area contributed by atoms with Crippen LogP contribution in [-0.2, 0) is 12.4 Å². The molecule has 0 spiro atoms. The normalized spacial score (nSPS) is 13.0. The summed E-state index contributed by atoms with van der Waals surface area (Å²) in [6.07, 6.45) is -5.98. The van der Waals surface area contributed by atoms with Crippen LogP contribution in [0.1, 0.15) is 40.2 Å². The van der Waals surface area contributed by atoms with Crippen LogP contribution < -0.4 is 5.32 Å². The Morgan fingerprint density at radius 2 is 1.80 bits per heavy atom. The van der Waals surface area contributed by atoms with E-state index in [1.165, 1.54) is 25.4 Å². The molecule has 0 radical (unpaired) electrons. The Bertz CT molecular complexity index is 1340. The number of carbonyl (C=O) groups is 1. The Morgan fingerprint density at radius 3 is 2.46 bits per heavy atom. The Morgan fingerprint density at radius 1 is 1.03 bits per heavy atom. The predicted octanol–water partition coefficient (Wildman–Crippen LogP) is 5.83. The number of hydrogen-bond donors (Lipinski definition) is 1. The number of carbonyl (C=O) groups excluding carboxylic acids is 1. The summed E-state index contributed by atoms with van der Waals surface area (Å²) in [6.45, 7) is 1.34. The van der Waals surface area contributed by atoms with Crippen molar-refractivity contribution in [1.82, 2.24) is 19.9 Å². The van der Waals surface area contributed by atoms with Crippen LogP contribution in [0.3, 0.4) is 0 Å². The van der Waals surface area contributed by atoms with Gasteiger partial charge in [-0.05, 0) is 36.8 Å². The summed E-state index contributed by atoms with van der Waals surface area (Å²) in [5.74, 6) is -0.842. The summed E-state index contributed by atoms with van der Waals surface area (Å²) in [4.78, 5) is 16.6. The van der Waals surface area contributed by atoms with Gasteiger partial charge in [0.25, 0.3) is 5.91 Å². The van der Waals surface area contributed by atoms with Gasteiger partial charge in [-0.25, -0.2) is 0 Å². The number of anilines is 1. The molecule has 13 heteroatoms.